The van der Waals surface area contributed by atoms with Gasteiger partial charge in [-0.1, -0.05) is 142 Å². The molecule has 0 radical (unpaired) electrons. The van der Waals surface area contributed by atoms with Gasteiger partial charge in [0.1, 0.15) is 12.6 Å². The summed E-state index contributed by atoms with van der Waals surface area (Å²) < 4.78 is 32.5. The Balaban J connectivity index is 4.42. The van der Waals surface area contributed by atoms with Crippen molar-refractivity contribution in [2.45, 2.75) is 193 Å². The first-order chi connectivity index (χ1) is 24.1. The van der Waals surface area contributed by atoms with Gasteiger partial charge >= 0.3 is 25.7 Å². The van der Waals surface area contributed by atoms with Crippen LogP contribution < -0.4 is 5.73 Å². The third kappa shape index (κ3) is 33.4. The minimum Gasteiger partial charge on any atom is -0.480 e. The number of carboxylic acids is 1. The number of hydrogen-bond donors (Lipinski definition) is 3. The molecule has 1 unspecified atom stereocenters. The fourth-order valence-electron chi connectivity index (χ4n) is 5.35. The Bertz CT molecular complexity index is 916. The molecule has 0 aliphatic heterocycles. The minimum atomic E-state index is -4.71. The van der Waals surface area contributed by atoms with Crippen LogP contribution in [0.3, 0.4) is 0 Å². The van der Waals surface area contributed by atoms with E-state index in [4.69, 9.17) is 24.8 Å². The van der Waals surface area contributed by atoms with Gasteiger partial charge < -0.3 is 25.2 Å². The summed E-state index contributed by atoms with van der Waals surface area (Å²) >= 11 is 0. The molecular formula is C38H72NO10P. The third-order valence-corrected chi connectivity index (χ3v) is 9.46. The second kappa shape index (κ2) is 34.3. The van der Waals surface area contributed by atoms with Gasteiger partial charge in [-0.05, 0) is 38.5 Å². The maximum absolute atomic E-state index is 12.5. The fourth-order valence-corrected chi connectivity index (χ4v) is 6.13. The highest BCUT2D eigenvalue weighted by Crippen LogP contribution is 2.43. The van der Waals surface area contributed by atoms with Crippen molar-refractivity contribution >= 4 is 25.7 Å². The predicted molar refractivity (Wildman–Crippen MR) is 199 cm³/mol. The van der Waals surface area contributed by atoms with Crippen LogP contribution >= 0.6 is 7.82 Å². The highest BCUT2D eigenvalue weighted by molar-refractivity contribution is 7.47. The van der Waals surface area contributed by atoms with Gasteiger partial charge in [0, 0.05) is 12.8 Å². The SMILES string of the molecule is CCCCCCCCCCC/C=C/CCCCC(=O)OC[C@H](COP(=O)(O)OC[C@H](N)C(=O)O)OC(=O)CCCCCCCCCCCCC. The fraction of sp³-hybridized carbons (Fsp3) is 0.868. The zero-order valence-corrected chi connectivity index (χ0v) is 32.4. The molecule has 0 aromatic heterocycles. The molecule has 12 heteroatoms. The summed E-state index contributed by atoms with van der Waals surface area (Å²) in [4.78, 5) is 45.7. The van der Waals surface area contributed by atoms with Crippen LogP contribution in [0.4, 0.5) is 0 Å². The number of esters is 2. The summed E-state index contributed by atoms with van der Waals surface area (Å²) in [6, 6.07) is -1.52. The monoisotopic (exact) mass is 733 g/mol. The van der Waals surface area contributed by atoms with E-state index in [1.807, 2.05) is 0 Å². The van der Waals surface area contributed by atoms with Crippen LogP contribution in [0.1, 0.15) is 181 Å². The average Bonchev–Trinajstić information content (AvgIpc) is 3.09. The van der Waals surface area contributed by atoms with E-state index >= 15 is 0 Å². The normalized spacial score (nSPS) is 14.0. The maximum Gasteiger partial charge on any atom is 0.472 e. The number of phosphoric ester groups is 1. The van der Waals surface area contributed by atoms with E-state index in [0.29, 0.717) is 12.8 Å². The number of hydrogen-bond acceptors (Lipinski definition) is 9. The van der Waals surface area contributed by atoms with Crippen LogP contribution in [-0.2, 0) is 37.5 Å². The third-order valence-electron chi connectivity index (χ3n) is 8.51. The number of phosphoric acid groups is 1. The highest BCUT2D eigenvalue weighted by Gasteiger charge is 2.28. The van der Waals surface area contributed by atoms with Crippen molar-refractivity contribution in [2.75, 3.05) is 19.8 Å². The summed E-state index contributed by atoms with van der Waals surface area (Å²) in [6.07, 6.45) is 31.4. The topological polar surface area (TPSA) is 172 Å². The molecular weight excluding hydrogens is 661 g/mol. The van der Waals surface area contributed by atoms with E-state index < -0.39 is 51.1 Å². The van der Waals surface area contributed by atoms with Crippen molar-refractivity contribution in [3.8, 4) is 0 Å². The molecule has 11 nitrogen and oxygen atoms in total. The lowest BCUT2D eigenvalue weighted by molar-refractivity contribution is -0.161. The van der Waals surface area contributed by atoms with E-state index in [1.54, 1.807) is 0 Å². The molecule has 0 rings (SSSR count). The molecule has 4 N–H and O–H groups in total. The summed E-state index contributed by atoms with van der Waals surface area (Å²) in [7, 11) is -4.71. The van der Waals surface area contributed by atoms with E-state index in [0.717, 1.165) is 38.5 Å². The standard InChI is InChI=1S/C38H72NO10P/c1-3-5-7-9-11-13-15-16-17-18-20-21-23-25-27-29-36(40)46-31-34(32-47-50(44,45)48-33-35(39)38(42)43)49-37(41)30-28-26-24-22-19-14-12-10-8-6-4-2/h20-21,34-35H,3-19,22-33,39H2,1-2H3,(H,42,43)(H,44,45)/b21-20+/t34-,35+/m1/s1. The molecule has 294 valence electrons. The van der Waals surface area contributed by atoms with E-state index in [9.17, 15) is 23.8 Å². The van der Waals surface area contributed by atoms with Crippen LogP contribution in [-0.4, -0.2) is 59.9 Å². The van der Waals surface area contributed by atoms with Crippen molar-refractivity contribution in [3.63, 3.8) is 0 Å². The predicted octanol–water partition coefficient (Wildman–Crippen LogP) is 9.73. The largest absolute Gasteiger partial charge is 0.480 e. The average molecular weight is 734 g/mol. The van der Waals surface area contributed by atoms with E-state index in [2.05, 4.69) is 30.5 Å². The van der Waals surface area contributed by atoms with Gasteiger partial charge in [-0.25, -0.2) is 4.57 Å². The van der Waals surface area contributed by atoms with Crippen molar-refractivity contribution in [1.29, 1.82) is 0 Å². The number of rotatable bonds is 37. The summed E-state index contributed by atoms with van der Waals surface area (Å²) in [6.45, 7) is 2.76. The van der Waals surface area contributed by atoms with Crippen LogP contribution in [0.5, 0.6) is 0 Å². The first-order valence-corrected chi connectivity index (χ1v) is 21.2. The van der Waals surface area contributed by atoms with Crippen molar-refractivity contribution < 1.29 is 47.5 Å². The number of nitrogens with two attached hydrogens (primary N) is 1. The van der Waals surface area contributed by atoms with E-state index in [-0.39, 0.29) is 19.4 Å². The summed E-state index contributed by atoms with van der Waals surface area (Å²) in [5.74, 6) is -2.40. The quantitative estimate of drug-likeness (QED) is 0.0240. The Kier molecular flexibility index (Phi) is 33.1. The smallest absolute Gasteiger partial charge is 0.472 e. The van der Waals surface area contributed by atoms with Crippen LogP contribution in [0.25, 0.3) is 0 Å². The molecule has 0 saturated heterocycles. The van der Waals surface area contributed by atoms with Gasteiger partial charge in [0.15, 0.2) is 6.10 Å². The second-order valence-corrected chi connectivity index (χ2v) is 14.9. The lowest BCUT2D eigenvalue weighted by atomic mass is 10.1. The molecule has 0 aliphatic carbocycles. The maximum atomic E-state index is 12.5. The van der Waals surface area contributed by atoms with Gasteiger partial charge in [-0.2, -0.15) is 0 Å². The molecule has 0 saturated carbocycles. The van der Waals surface area contributed by atoms with Crippen LogP contribution in [0.15, 0.2) is 12.2 Å². The molecule has 0 heterocycles. The zero-order chi connectivity index (χ0) is 37.1. The Morgan fingerprint density at radius 2 is 1.00 bits per heavy atom. The number of aliphatic carboxylic acids is 1. The molecule has 50 heavy (non-hydrogen) atoms. The number of carboxylic acid groups (broad SMARTS) is 1. The van der Waals surface area contributed by atoms with Gasteiger partial charge in [0.05, 0.1) is 13.2 Å². The number of allylic oxidation sites excluding steroid dienone is 2. The molecule has 0 bridgehead atoms. The first-order valence-electron chi connectivity index (χ1n) is 19.7. The first kappa shape index (κ1) is 48.2. The highest BCUT2D eigenvalue weighted by atomic mass is 31.2. The molecule has 0 fully saturated rings. The zero-order valence-electron chi connectivity index (χ0n) is 31.5. The van der Waals surface area contributed by atoms with Gasteiger partial charge in [-0.3, -0.25) is 23.4 Å². The second-order valence-electron chi connectivity index (χ2n) is 13.4. The minimum absolute atomic E-state index is 0.162. The molecule has 0 aromatic carbocycles. The summed E-state index contributed by atoms with van der Waals surface area (Å²) in [5.41, 5.74) is 5.31. The van der Waals surface area contributed by atoms with Gasteiger partial charge in [0.25, 0.3) is 0 Å². The van der Waals surface area contributed by atoms with Crippen molar-refractivity contribution in [3.05, 3.63) is 12.2 Å². The molecule has 3 atom stereocenters. The van der Waals surface area contributed by atoms with Crippen LogP contribution in [0.2, 0.25) is 0 Å². The number of carbonyl (C=O) groups excluding carboxylic acids is 2. The van der Waals surface area contributed by atoms with E-state index in [1.165, 1.54) is 103 Å². The Morgan fingerprint density at radius 3 is 1.50 bits per heavy atom. The molecule has 0 aliphatic rings. The van der Waals surface area contributed by atoms with Crippen molar-refractivity contribution in [2.24, 2.45) is 5.73 Å². The lowest BCUT2D eigenvalue weighted by Gasteiger charge is -2.20. The number of unbranched alkanes of at least 4 members (excludes halogenated alkanes) is 21. The molecule has 0 aromatic rings. The Morgan fingerprint density at radius 1 is 0.600 bits per heavy atom. The lowest BCUT2D eigenvalue weighted by Crippen LogP contribution is -2.34. The summed E-state index contributed by atoms with van der Waals surface area (Å²) in [5, 5.41) is 8.85. The Hall–Kier alpha value is -1.78. The molecule has 0 amide bonds. The Labute approximate surface area is 303 Å². The molecule has 0 spiro atoms. The number of carbonyl (C=O) groups is 3. The van der Waals surface area contributed by atoms with Crippen LogP contribution in [0, 0.1) is 0 Å². The van der Waals surface area contributed by atoms with Gasteiger partial charge in [0.2, 0.25) is 0 Å². The van der Waals surface area contributed by atoms with Crippen molar-refractivity contribution in [1.82, 2.24) is 0 Å². The van der Waals surface area contributed by atoms with Gasteiger partial charge in [-0.15, -0.1) is 0 Å². The number of ether oxygens (including phenoxy) is 2.